The van der Waals surface area contributed by atoms with Crippen LogP contribution in [0.15, 0.2) is 66.4 Å². The van der Waals surface area contributed by atoms with Crippen LogP contribution >= 0.6 is 0 Å². The van der Waals surface area contributed by atoms with Gasteiger partial charge in [0.15, 0.2) is 0 Å². The summed E-state index contributed by atoms with van der Waals surface area (Å²) in [6.45, 7) is 4.39. The molecule has 2 aromatic carbocycles. The SMILES string of the molecule is N#C/C(=C\Nc1ccc(Oc2ccccc2)cc1)C(=O)NCCN1CCOCC1. The summed E-state index contributed by atoms with van der Waals surface area (Å²) >= 11 is 0. The van der Waals surface area contributed by atoms with E-state index in [-0.39, 0.29) is 5.57 Å². The van der Waals surface area contributed by atoms with Crippen LogP contribution in [0.4, 0.5) is 5.69 Å². The van der Waals surface area contributed by atoms with Crippen molar-refractivity contribution in [2.24, 2.45) is 0 Å². The molecule has 1 aliphatic heterocycles. The van der Waals surface area contributed by atoms with E-state index >= 15 is 0 Å². The Morgan fingerprint density at radius 3 is 2.48 bits per heavy atom. The summed E-state index contributed by atoms with van der Waals surface area (Å²) in [5.74, 6) is 1.07. The van der Waals surface area contributed by atoms with E-state index in [1.807, 2.05) is 60.7 Å². The Bertz CT molecular complexity index is 854. The van der Waals surface area contributed by atoms with Crippen LogP contribution in [0.5, 0.6) is 11.5 Å². The maximum atomic E-state index is 12.2. The number of para-hydroxylation sites is 1. The van der Waals surface area contributed by atoms with Crippen molar-refractivity contribution in [3.8, 4) is 17.6 Å². The molecule has 1 heterocycles. The van der Waals surface area contributed by atoms with Gasteiger partial charge in [-0.3, -0.25) is 9.69 Å². The molecule has 2 N–H and O–H groups in total. The van der Waals surface area contributed by atoms with Crippen LogP contribution in [0.2, 0.25) is 0 Å². The Morgan fingerprint density at radius 1 is 1.10 bits per heavy atom. The predicted octanol–water partition coefficient (Wildman–Crippen LogP) is 2.75. The minimum Gasteiger partial charge on any atom is -0.457 e. The molecule has 7 nitrogen and oxygen atoms in total. The minimum atomic E-state index is -0.391. The van der Waals surface area contributed by atoms with Gasteiger partial charge in [0.05, 0.1) is 13.2 Å². The second-order valence-corrected chi connectivity index (χ2v) is 6.46. The molecule has 0 bridgehead atoms. The van der Waals surface area contributed by atoms with Gasteiger partial charge >= 0.3 is 0 Å². The first-order valence-electron chi connectivity index (χ1n) is 9.52. The van der Waals surface area contributed by atoms with E-state index in [2.05, 4.69) is 15.5 Å². The molecule has 150 valence electrons. The minimum absolute atomic E-state index is 0.0246. The molecule has 0 aromatic heterocycles. The van der Waals surface area contributed by atoms with E-state index in [9.17, 15) is 10.1 Å². The highest BCUT2D eigenvalue weighted by molar-refractivity contribution is 5.97. The largest absolute Gasteiger partial charge is 0.457 e. The number of hydrogen-bond donors (Lipinski definition) is 2. The zero-order valence-electron chi connectivity index (χ0n) is 16.1. The number of anilines is 1. The van der Waals surface area contributed by atoms with Crippen molar-refractivity contribution in [1.29, 1.82) is 5.26 Å². The van der Waals surface area contributed by atoms with Crippen LogP contribution in [-0.4, -0.2) is 50.2 Å². The number of ether oxygens (including phenoxy) is 2. The van der Waals surface area contributed by atoms with E-state index in [1.165, 1.54) is 6.20 Å². The molecular formula is C22H24N4O3. The number of rotatable bonds is 8. The van der Waals surface area contributed by atoms with Gasteiger partial charge in [0.25, 0.3) is 5.91 Å². The van der Waals surface area contributed by atoms with Gasteiger partial charge in [-0.15, -0.1) is 0 Å². The average Bonchev–Trinajstić information content (AvgIpc) is 2.77. The number of carbonyl (C=O) groups is 1. The number of morpholine rings is 1. The third-order valence-corrected chi connectivity index (χ3v) is 4.40. The molecule has 0 spiro atoms. The normalized spacial score (nSPS) is 14.7. The first kappa shape index (κ1) is 20.4. The number of amides is 1. The van der Waals surface area contributed by atoms with E-state index in [4.69, 9.17) is 9.47 Å². The summed E-state index contributed by atoms with van der Waals surface area (Å²) in [5, 5.41) is 15.0. The number of nitrogens with zero attached hydrogens (tertiary/aromatic N) is 2. The second-order valence-electron chi connectivity index (χ2n) is 6.46. The van der Waals surface area contributed by atoms with Gasteiger partial charge in [-0.2, -0.15) is 5.26 Å². The van der Waals surface area contributed by atoms with Crippen molar-refractivity contribution in [1.82, 2.24) is 10.2 Å². The molecular weight excluding hydrogens is 368 g/mol. The van der Waals surface area contributed by atoms with Gasteiger partial charge in [-0.05, 0) is 36.4 Å². The van der Waals surface area contributed by atoms with Crippen LogP contribution < -0.4 is 15.4 Å². The molecule has 0 saturated carbocycles. The van der Waals surface area contributed by atoms with Crippen molar-refractivity contribution >= 4 is 11.6 Å². The first-order chi connectivity index (χ1) is 14.2. The standard InChI is InChI=1S/C22H24N4O3/c23-16-18(22(27)24-10-11-26-12-14-28-15-13-26)17-25-19-6-8-21(9-7-19)29-20-4-2-1-3-5-20/h1-9,17,25H,10-15H2,(H,24,27)/b18-17+. The molecule has 2 aromatic rings. The van der Waals surface area contributed by atoms with Gasteiger partial charge in [0.2, 0.25) is 0 Å². The summed E-state index contributed by atoms with van der Waals surface area (Å²) in [6.07, 6.45) is 1.41. The third kappa shape index (κ3) is 6.64. The molecule has 29 heavy (non-hydrogen) atoms. The van der Waals surface area contributed by atoms with Crippen molar-refractivity contribution < 1.29 is 14.3 Å². The summed E-state index contributed by atoms with van der Waals surface area (Å²) in [4.78, 5) is 14.4. The highest BCUT2D eigenvalue weighted by atomic mass is 16.5. The van der Waals surface area contributed by atoms with Crippen molar-refractivity contribution in [3.05, 3.63) is 66.4 Å². The predicted molar refractivity (Wildman–Crippen MR) is 111 cm³/mol. The molecule has 1 amide bonds. The summed E-state index contributed by atoms with van der Waals surface area (Å²) in [6, 6.07) is 18.7. The van der Waals surface area contributed by atoms with Crippen molar-refractivity contribution in [2.45, 2.75) is 0 Å². The van der Waals surface area contributed by atoms with Crippen molar-refractivity contribution in [3.63, 3.8) is 0 Å². The van der Waals surface area contributed by atoms with E-state index < -0.39 is 5.91 Å². The maximum Gasteiger partial charge on any atom is 0.263 e. The van der Waals surface area contributed by atoms with Gasteiger partial charge < -0.3 is 20.1 Å². The number of nitrogens with one attached hydrogen (secondary N) is 2. The lowest BCUT2D eigenvalue weighted by atomic mass is 10.2. The Kier molecular flexibility index (Phi) is 7.63. The summed E-state index contributed by atoms with van der Waals surface area (Å²) < 4.78 is 11.0. The molecule has 7 heteroatoms. The number of nitriles is 1. The molecule has 1 fully saturated rings. The topological polar surface area (TPSA) is 86.6 Å². The van der Waals surface area contributed by atoms with Crippen LogP contribution in [0, 0.1) is 11.3 Å². The Labute approximate surface area is 170 Å². The van der Waals surface area contributed by atoms with Gasteiger partial charge in [0, 0.05) is 38.1 Å². The first-order valence-corrected chi connectivity index (χ1v) is 9.52. The number of carbonyl (C=O) groups excluding carboxylic acids is 1. The summed E-state index contributed by atoms with van der Waals surface area (Å²) in [5.41, 5.74) is 0.774. The van der Waals surface area contributed by atoms with Crippen LogP contribution in [0.3, 0.4) is 0 Å². The summed E-state index contributed by atoms with van der Waals surface area (Å²) in [7, 11) is 0. The average molecular weight is 392 g/mol. The molecule has 0 atom stereocenters. The lowest BCUT2D eigenvalue weighted by Gasteiger charge is -2.26. The highest BCUT2D eigenvalue weighted by Crippen LogP contribution is 2.22. The van der Waals surface area contributed by atoms with E-state index in [1.54, 1.807) is 0 Å². The zero-order chi connectivity index (χ0) is 20.3. The Morgan fingerprint density at radius 2 is 1.79 bits per heavy atom. The lowest BCUT2D eigenvalue weighted by Crippen LogP contribution is -2.41. The third-order valence-electron chi connectivity index (χ3n) is 4.40. The Balaban J connectivity index is 1.47. The molecule has 0 unspecified atom stereocenters. The van der Waals surface area contributed by atoms with E-state index in [0.717, 1.165) is 44.3 Å². The number of benzene rings is 2. The highest BCUT2D eigenvalue weighted by Gasteiger charge is 2.12. The lowest BCUT2D eigenvalue weighted by molar-refractivity contribution is -0.117. The zero-order valence-corrected chi connectivity index (χ0v) is 16.1. The molecule has 1 saturated heterocycles. The van der Waals surface area contributed by atoms with E-state index in [0.29, 0.717) is 12.3 Å². The van der Waals surface area contributed by atoms with Crippen LogP contribution in [0.25, 0.3) is 0 Å². The molecule has 0 aliphatic carbocycles. The fraction of sp³-hybridized carbons (Fsp3) is 0.273. The van der Waals surface area contributed by atoms with Crippen LogP contribution in [-0.2, 0) is 9.53 Å². The smallest absolute Gasteiger partial charge is 0.263 e. The molecule has 1 aliphatic rings. The monoisotopic (exact) mass is 392 g/mol. The fourth-order valence-corrected chi connectivity index (χ4v) is 2.80. The quantitative estimate of drug-likeness (QED) is 0.531. The molecule has 0 radical (unpaired) electrons. The Hall–Kier alpha value is -3.34. The fourth-order valence-electron chi connectivity index (χ4n) is 2.80. The molecule has 3 rings (SSSR count). The van der Waals surface area contributed by atoms with Gasteiger partial charge in [-0.1, -0.05) is 18.2 Å². The van der Waals surface area contributed by atoms with Gasteiger partial charge in [0.1, 0.15) is 23.1 Å². The maximum absolute atomic E-state index is 12.2. The second kappa shape index (κ2) is 10.9. The van der Waals surface area contributed by atoms with Gasteiger partial charge in [-0.25, -0.2) is 0 Å². The van der Waals surface area contributed by atoms with Crippen LogP contribution in [0.1, 0.15) is 0 Å². The van der Waals surface area contributed by atoms with Crippen molar-refractivity contribution in [2.75, 3.05) is 44.7 Å². The number of hydrogen-bond acceptors (Lipinski definition) is 6.